The average Bonchev–Trinajstić information content (AvgIpc) is 2.45. The molecule has 5 heteroatoms. The standard InChI is InChI=1S/C19H25F2NO2/c1-11-4-7-15-17(8-11)24-18(10-19(15,3)22-12(2)23)14-6-5-13(20)9-16(14)21/h5-6,9,11,15,17-18H,4,7-8,10H2,1-3H3,(H,22,23)/t11-,15-,17-,18-,19+/m1/s1. The second kappa shape index (κ2) is 6.43. The fourth-order valence-electron chi connectivity index (χ4n) is 4.50. The molecule has 0 aromatic heterocycles. The van der Waals surface area contributed by atoms with E-state index in [9.17, 15) is 13.6 Å². The number of nitrogens with one attached hydrogen (secondary N) is 1. The lowest BCUT2D eigenvalue weighted by Gasteiger charge is -2.52. The highest BCUT2D eigenvalue weighted by Gasteiger charge is 2.49. The molecule has 1 saturated heterocycles. The maximum atomic E-state index is 14.2. The van der Waals surface area contributed by atoms with Crippen molar-refractivity contribution < 1.29 is 18.3 Å². The fourth-order valence-corrected chi connectivity index (χ4v) is 4.50. The number of halogens is 2. The summed E-state index contributed by atoms with van der Waals surface area (Å²) in [5, 5.41) is 3.09. The number of hydrogen-bond donors (Lipinski definition) is 1. The molecule has 1 aromatic carbocycles. The summed E-state index contributed by atoms with van der Waals surface area (Å²) in [7, 11) is 0. The van der Waals surface area contributed by atoms with Crippen molar-refractivity contribution in [2.45, 2.75) is 64.2 Å². The van der Waals surface area contributed by atoms with Gasteiger partial charge in [0.05, 0.1) is 12.2 Å². The Balaban J connectivity index is 1.93. The molecular formula is C19H25F2NO2. The van der Waals surface area contributed by atoms with Crippen molar-refractivity contribution in [2.24, 2.45) is 11.8 Å². The van der Waals surface area contributed by atoms with E-state index in [1.165, 1.54) is 19.1 Å². The van der Waals surface area contributed by atoms with Gasteiger partial charge < -0.3 is 10.1 Å². The van der Waals surface area contributed by atoms with Crippen LogP contribution in [0.4, 0.5) is 8.78 Å². The molecule has 2 fully saturated rings. The summed E-state index contributed by atoms with van der Waals surface area (Å²) in [6.07, 6.45) is 2.99. The van der Waals surface area contributed by atoms with Crippen LogP contribution in [0.5, 0.6) is 0 Å². The number of rotatable bonds is 2. The molecule has 3 rings (SSSR count). The van der Waals surface area contributed by atoms with E-state index >= 15 is 0 Å². The molecule has 1 saturated carbocycles. The van der Waals surface area contributed by atoms with Gasteiger partial charge in [0.15, 0.2) is 0 Å². The molecule has 132 valence electrons. The van der Waals surface area contributed by atoms with Crippen molar-refractivity contribution in [1.82, 2.24) is 5.32 Å². The number of benzene rings is 1. The van der Waals surface area contributed by atoms with E-state index in [4.69, 9.17) is 4.74 Å². The van der Waals surface area contributed by atoms with Crippen LogP contribution < -0.4 is 5.32 Å². The van der Waals surface area contributed by atoms with E-state index in [0.717, 1.165) is 25.3 Å². The number of carbonyl (C=O) groups excluding carboxylic acids is 1. The molecule has 1 N–H and O–H groups in total. The van der Waals surface area contributed by atoms with E-state index in [1.807, 2.05) is 6.92 Å². The van der Waals surface area contributed by atoms with Crippen LogP contribution in [-0.2, 0) is 9.53 Å². The molecule has 1 aliphatic carbocycles. The third kappa shape index (κ3) is 3.32. The maximum Gasteiger partial charge on any atom is 0.217 e. The van der Waals surface area contributed by atoms with Crippen molar-refractivity contribution in [3.8, 4) is 0 Å². The Bertz CT molecular complexity index is 636. The monoisotopic (exact) mass is 337 g/mol. The molecule has 0 radical (unpaired) electrons. The summed E-state index contributed by atoms with van der Waals surface area (Å²) in [6.45, 7) is 5.73. The number of fused-ring (bicyclic) bond motifs is 1. The van der Waals surface area contributed by atoms with Crippen LogP contribution in [0.1, 0.15) is 58.1 Å². The third-order valence-corrected chi connectivity index (χ3v) is 5.59. The molecular weight excluding hydrogens is 312 g/mol. The van der Waals surface area contributed by atoms with Crippen molar-refractivity contribution >= 4 is 5.91 Å². The van der Waals surface area contributed by atoms with Gasteiger partial charge in [0, 0.05) is 36.4 Å². The van der Waals surface area contributed by atoms with Gasteiger partial charge in [-0.3, -0.25) is 4.79 Å². The lowest BCUT2D eigenvalue weighted by atomic mass is 9.66. The van der Waals surface area contributed by atoms with Gasteiger partial charge in [0.2, 0.25) is 5.91 Å². The van der Waals surface area contributed by atoms with Gasteiger partial charge in [0.25, 0.3) is 0 Å². The highest BCUT2D eigenvalue weighted by Crippen LogP contribution is 2.48. The molecule has 0 spiro atoms. The van der Waals surface area contributed by atoms with Gasteiger partial charge in [0.1, 0.15) is 11.6 Å². The van der Waals surface area contributed by atoms with Crippen LogP contribution in [-0.4, -0.2) is 17.6 Å². The highest BCUT2D eigenvalue weighted by molar-refractivity contribution is 5.73. The first-order valence-electron chi connectivity index (χ1n) is 8.67. The summed E-state index contributed by atoms with van der Waals surface area (Å²) in [5.74, 6) is -0.509. The number of hydrogen-bond acceptors (Lipinski definition) is 2. The first-order valence-corrected chi connectivity index (χ1v) is 8.67. The third-order valence-electron chi connectivity index (χ3n) is 5.59. The molecule has 1 amide bonds. The Labute approximate surface area is 141 Å². The Morgan fingerprint density at radius 2 is 2.08 bits per heavy atom. The van der Waals surface area contributed by atoms with Gasteiger partial charge in [-0.25, -0.2) is 8.78 Å². The van der Waals surface area contributed by atoms with E-state index in [-0.39, 0.29) is 17.9 Å². The summed E-state index contributed by atoms with van der Waals surface area (Å²) in [5.41, 5.74) is -0.0786. The van der Waals surface area contributed by atoms with Crippen LogP contribution in [0, 0.1) is 23.5 Å². The Morgan fingerprint density at radius 3 is 2.75 bits per heavy atom. The van der Waals surface area contributed by atoms with Crippen LogP contribution >= 0.6 is 0 Å². The van der Waals surface area contributed by atoms with E-state index in [0.29, 0.717) is 17.9 Å². The summed E-state index contributed by atoms with van der Waals surface area (Å²) in [6, 6.07) is 3.60. The topological polar surface area (TPSA) is 38.3 Å². The average molecular weight is 337 g/mol. The number of amides is 1. The van der Waals surface area contributed by atoms with Gasteiger partial charge in [-0.15, -0.1) is 0 Å². The van der Waals surface area contributed by atoms with Crippen molar-refractivity contribution in [3.05, 3.63) is 35.4 Å². The van der Waals surface area contributed by atoms with Crippen molar-refractivity contribution in [1.29, 1.82) is 0 Å². The minimum absolute atomic E-state index is 0.0196. The minimum atomic E-state index is -0.596. The molecule has 0 unspecified atom stereocenters. The Morgan fingerprint density at radius 1 is 1.33 bits per heavy atom. The van der Waals surface area contributed by atoms with E-state index in [1.54, 1.807) is 0 Å². The van der Waals surface area contributed by atoms with Gasteiger partial charge in [-0.1, -0.05) is 19.4 Å². The van der Waals surface area contributed by atoms with Gasteiger partial charge in [-0.2, -0.15) is 0 Å². The van der Waals surface area contributed by atoms with Crippen LogP contribution in [0.2, 0.25) is 0 Å². The quantitative estimate of drug-likeness (QED) is 0.881. The van der Waals surface area contributed by atoms with Gasteiger partial charge in [-0.05, 0) is 31.7 Å². The van der Waals surface area contributed by atoms with E-state index in [2.05, 4.69) is 12.2 Å². The number of carbonyl (C=O) groups is 1. The lowest BCUT2D eigenvalue weighted by Crippen LogP contribution is -2.60. The summed E-state index contributed by atoms with van der Waals surface area (Å²) < 4.78 is 33.7. The summed E-state index contributed by atoms with van der Waals surface area (Å²) >= 11 is 0. The Kier molecular flexibility index (Phi) is 4.65. The first kappa shape index (κ1) is 17.3. The minimum Gasteiger partial charge on any atom is -0.370 e. The number of ether oxygens (including phenoxy) is 1. The van der Waals surface area contributed by atoms with Crippen molar-refractivity contribution in [2.75, 3.05) is 0 Å². The normalized spacial score (nSPS) is 36.0. The van der Waals surface area contributed by atoms with Crippen molar-refractivity contribution in [3.63, 3.8) is 0 Å². The molecule has 3 nitrogen and oxygen atoms in total. The maximum absolute atomic E-state index is 14.2. The second-order valence-electron chi connectivity index (χ2n) is 7.66. The predicted octanol–water partition coefficient (Wildman–Crippen LogP) is 4.13. The first-order chi connectivity index (χ1) is 11.3. The molecule has 5 atom stereocenters. The lowest BCUT2D eigenvalue weighted by molar-refractivity contribution is -0.153. The zero-order valence-corrected chi connectivity index (χ0v) is 14.4. The largest absolute Gasteiger partial charge is 0.370 e. The molecule has 0 bridgehead atoms. The van der Waals surface area contributed by atoms with E-state index < -0.39 is 23.3 Å². The molecule has 1 aliphatic heterocycles. The highest BCUT2D eigenvalue weighted by atomic mass is 19.1. The smallest absolute Gasteiger partial charge is 0.217 e. The zero-order valence-electron chi connectivity index (χ0n) is 14.4. The Hall–Kier alpha value is -1.49. The van der Waals surface area contributed by atoms with Crippen LogP contribution in [0.3, 0.4) is 0 Å². The van der Waals surface area contributed by atoms with Gasteiger partial charge >= 0.3 is 0 Å². The SMILES string of the molecule is CC(=O)N[C@@]1(C)C[C@H](c2ccc(F)cc2F)O[C@@H]2C[C@H](C)CC[C@H]21. The molecule has 2 aliphatic rings. The zero-order chi connectivity index (χ0) is 17.5. The molecule has 24 heavy (non-hydrogen) atoms. The fraction of sp³-hybridized carbons (Fsp3) is 0.632. The summed E-state index contributed by atoms with van der Waals surface area (Å²) in [4.78, 5) is 11.7. The second-order valence-corrected chi connectivity index (χ2v) is 7.66. The van der Waals surface area contributed by atoms with Crippen LogP contribution in [0.15, 0.2) is 18.2 Å². The predicted molar refractivity (Wildman–Crippen MR) is 87.3 cm³/mol. The molecule has 1 heterocycles. The molecule has 1 aromatic rings. The van der Waals surface area contributed by atoms with Crippen LogP contribution in [0.25, 0.3) is 0 Å².